The SMILES string of the molecule is CCCC/C=C\C/C=C\CCCCCCCC(=O)OCC(COC(=O)CCCCCCCCCCCCCC)OC(=O)CCCCCCCCCCCCCCCC. The second kappa shape index (κ2) is 47.6. The lowest BCUT2D eigenvalue weighted by molar-refractivity contribution is -0.167. The molecule has 0 aromatic heterocycles. The molecule has 0 saturated heterocycles. The fourth-order valence-corrected chi connectivity index (χ4v) is 7.34. The summed E-state index contributed by atoms with van der Waals surface area (Å²) in [5.74, 6) is -0.873. The highest BCUT2D eigenvalue weighted by Gasteiger charge is 2.19. The lowest BCUT2D eigenvalue weighted by Gasteiger charge is -2.18. The minimum Gasteiger partial charge on any atom is -0.462 e. The Morgan fingerprint density at radius 1 is 0.345 bits per heavy atom. The average molecular weight is 817 g/mol. The molecule has 0 spiro atoms. The minimum absolute atomic E-state index is 0.0710. The van der Waals surface area contributed by atoms with Crippen LogP contribution < -0.4 is 0 Å². The first kappa shape index (κ1) is 55.9. The van der Waals surface area contributed by atoms with E-state index in [-0.39, 0.29) is 31.1 Å². The Balaban J connectivity index is 4.36. The summed E-state index contributed by atoms with van der Waals surface area (Å²) in [6.07, 6.45) is 52.9. The number of ether oxygens (including phenoxy) is 3. The van der Waals surface area contributed by atoms with E-state index in [0.717, 1.165) is 77.0 Å². The van der Waals surface area contributed by atoms with Crippen molar-refractivity contribution in [2.45, 2.75) is 277 Å². The summed E-state index contributed by atoms with van der Waals surface area (Å²) in [6, 6.07) is 0. The molecule has 0 aliphatic rings. The first-order valence-electron chi connectivity index (χ1n) is 25.3. The molecule has 0 amide bonds. The van der Waals surface area contributed by atoms with Gasteiger partial charge in [-0.1, -0.05) is 231 Å². The van der Waals surface area contributed by atoms with Crippen LogP contribution in [-0.4, -0.2) is 37.2 Å². The highest BCUT2D eigenvalue weighted by Crippen LogP contribution is 2.16. The van der Waals surface area contributed by atoms with Gasteiger partial charge in [0.25, 0.3) is 0 Å². The van der Waals surface area contributed by atoms with E-state index in [4.69, 9.17) is 14.2 Å². The number of carbonyl (C=O) groups is 3. The van der Waals surface area contributed by atoms with Crippen molar-refractivity contribution in [3.05, 3.63) is 24.3 Å². The average Bonchev–Trinajstić information content (AvgIpc) is 3.22. The van der Waals surface area contributed by atoms with Crippen LogP contribution in [0.1, 0.15) is 271 Å². The van der Waals surface area contributed by atoms with Crippen LogP contribution in [-0.2, 0) is 28.6 Å². The van der Waals surface area contributed by atoms with Crippen LogP contribution in [0.5, 0.6) is 0 Å². The van der Waals surface area contributed by atoms with E-state index in [9.17, 15) is 14.4 Å². The number of rotatable bonds is 46. The van der Waals surface area contributed by atoms with Gasteiger partial charge in [0.05, 0.1) is 0 Å². The van der Waals surface area contributed by atoms with Crippen LogP contribution in [0.25, 0.3) is 0 Å². The maximum Gasteiger partial charge on any atom is 0.306 e. The fourth-order valence-electron chi connectivity index (χ4n) is 7.34. The zero-order valence-electron chi connectivity index (χ0n) is 38.8. The van der Waals surface area contributed by atoms with Crippen molar-refractivity contribution < 1.29 is 28.6 Å². The largest absolute Gasteiger partial charge is 0.462 e. The molecule has 0 aromatic rings. The molecule has 0 fully saturated rings. The van der Waals surface area contributed by atoms with Crippen molar-refractivity contribution in [1.29, 1.82) is 0 Å². The zero-order valence-corrected chi connectivity index (χ0v) is 38.8. The van der Waals surface area contributed by atoms with Crippen molar-refractivity contribution in [3.63, 3.8) is 0 Å². The lowest BCUT2D eigenvalue weighted by atomic mass is 10.0. The van der Waals surface area contributed by atoms with E-state index in [1.54, 1.807) is 0 Å². The van der Waals surface area contributed by atoms with Gasteiger partial charge >= 0.3 is 17.9 Å². The van der Waals surface area contributed by atoms with Crippen LogP contribution in [0.15, 0.2) is 24.3 Å². The fraction of sp³-hybridized carbons (Fsp3) is 0.865. The molecule has 0 heterocycles. The van der Waals surface area contributed by atoms with Gasteiger partial charge in [-0.25, -0.2) is 0 Å². The van der Waals surface area contributed by atoms with E-state index >= 15 is 0 Å². The number of hydrogen-bond donors (Lipinski definition) is 0. The summed E-state index contributed by atoms with van der Waals surface area (Å²) in [6.45, 7) is 6.61. The molecule has 0 saturated carbocycles. The molecule has 0 N–H and O–H groups in total. The van der Waals surface area contributed by atoms with Crippen molar-refractivity contribution in [1.82, 2.24) is 0 Å². The lowest BCUT2D eigenvalue weighted by Crippen LogP contribution is -2.30. The molecule has 0 rings (SSSR count). The number of allylic oxidation sites excluding steroid dienone is 4. The van der Waals surface area contributed by atoms with Gasteiger partial charge in [0.15, 0.2) is 6.10 Å². The van der Waals surface area contributed by atoms with Gasteiger partial charge in [-0.15, -0.1) is 0 Å². The molecular formula is C52H96O6. The van der Waals surface area contributed by atoms with Gasteiger partial charge in [0.2, 0.25) is 0 Å². The predicted octanol–water partition coefficient (Wildman–Crippen LogP) is 16.4. The first-order valence-corrected chi connectivity index (χ1v) is 25.3. The topological polar surface area (TPSA) is 78.9 Å². The standard InChI is InChI=1S/C52H96O6/c1-4-7-10-13-16-19-22-25-27-30-33-36-39-42-45-51(54)57-48-49(47-56-50(53)44-41-38-35-32-29-24-21-18-15-12-9-6-3)58-52(55)46-43-40-37-34-31-28-26-23-20-17-14-11-8-5-2/h13,16,22,25,49H,4-12,14-15,17-21,23-24,26-48H2,1-3H3/b16-13-,25-22-. The second-order valence-corrected chi connectivity index (χ2v) is 17.1. The van der Waals surface area contributed by atoms with E-state index in [2.05, 4.69) is 45.1 Å². The molecule has 0 bridgehead atoms. The summed E-state index contributed by atoms with van der Waals surface area (Å²) in [5, 5.41) is 0. The van der Waals surface area contributed by atoms with Crippen molar-refractivity contribution in [3.8, 4) is 0 Å². The molecule has 340 valence electrons. The highest BCUT2D eigenvalue weighted by molar-refractivity contribution is 5.71. The molecule has 0 aliphatic heterocycles. The van der Waals surface area contributed by atoms with Crippen LogP contribution in [0.2, 0.25) is 0 Å². The van der Waals surface area contributed by atoms with Crippen LogP contribution in [0, 0.1) is 0 Å². The van der Waals surface area contributed by atoms with Gasteiger partial charge in [-0.3, -0.25) is 14.4 Å². The molecule has 6 nitrogen and oxygen atoms in total. The van der Waals surface area contributed by atoms with Crippen LogP contribution in [0.4, 0.5) is 0 Å². The third-order valence-corrected chi connectivity index (χ3v) is 11.2. The Morgan fingerprint density at radius 2 is 0.638 bits per heavy atom. The van der Waals surface area contributed by atoms with E-state index in [1.807, 2.05) is 0 Å². The molecule has 58 heavy (non-hydrogen) atoms. The molecule has 6 heteroatoms. The van der Waals surface area contributed by atoms with Crippen LogP contribution in [0.3, 0.4) is 0 Å². The summed E-state index contributed by atoms with van der Waals surface area (Å²) >= 11 is 0. The Hall–Kier alpha value is -2.11. The second-order valence-electron chi connectivity index (χ2n) is 17.1. The summed E-state index contributed by atoms with van der Waals surface area (Å²) in [7, 11) is 0. The Bertz CT molecular complexity index is 942. The quantitative estimate of drug-likeness (QED) is 0.0263. The summed E-state index contributed by atoms with van der Waals surface area (Å²) in [5.41, 5.74) is 0. The van der Waals surface area contributed by atoms with Gasteiger partial charge in [-0.05, 0) is 44.9 Å². The summed E-state index contributed by atoms with van der Waals surface area (Å²) < 4.78 is 16.8. The molecule has 0 radical (unpaired) electrons. The Labute approximate surface area is 360 Å². The Kier molecular flexibility index (Phi) is 45.8. The maximum atomic E-state index is 12.8. The number of carbonyl (C=O) groups excluding carboxylic acids is 3. The molecule has 0 aliphatic carbocycles. The summed E-state index contributed by atoms with van der Waals surface area (Å²) in [4.78, 5) is 37.9. The van der Waals surface area contributed by atoms with E-state index in [1.165, 1.54) is 154 Å². The number of esters is 3. The van der Waals surface area contributed by atoms with Crippen LogP contribution >= 0.6 is 0 Å². The number of hydrogen-bond acceptors (Lipinski definition) is 6. The van der Waals surface area contributed by atoms with E-state index < -0.39 is 6.10 Å². The first-order chi connectivity index (χ1) is 28.5. The Morgan fingerprint density at radius 3 is 1.00 bits per heavy atom. The van der Waals surface area contributed by atoms with Crippen molar-refractivity contribution >= 4 is 17.9 Å². The predicted molar refractivity (Wildman–Crippen MR) is 247 cm³/mol. The van der Waals surface area contributed by atoms with E-state index in [0.29, 0.717) is 19.3 Å². The van der Waals surface area contributed by atoms with Gasteiger partial charge in [-0.2, -0.15) is 0 Å². The molecular weight excluding hydrogens is 721 g/mol. The molecule has 1 atom stereocenters. The van der Waals surface area contributed by atoms with Gasteiger partial charge in [0, 0.05) is 19.3 Å². The van der Waals surface area contributed by atoms with Crippen molar-refractivity contribution in [2.75, 3.05) is 13.2 Å². The highest BCUT2D eigenvalue weighted by atomic mass is 16.6. The minimum atomic E-state index is -0.770. The van der Waals surface area contributed by atoms with Gasteiger partial charge in [0.1, 0.15) is 13.2 Å². The number of unbranched alkanes of at least 4 members (excludes halogenated alkanes) is 31. The zero-order chi connectivity index (χ0) is 42.3. The van der Waals surface area contributed by atoms with Crippen molar-refractivity contribution in [2.24, 2.45) is 0 Å². The smallest absolute Gasteiger partial charge is 0.306 e. The third-order valence-electron chi connectivity index (χ3n) is 11.2. The molecule has 1 unspecified atom stereocenters. The maximum absolute atomic E-state index is 12.8. The normalized spacial score (nSPS) is 12.1. The third kappa shape index (κ3) is 45.0. The molecule has 0 aromatic carbocycles. The monoisotopic (exact) mass is 817 g/mol. The van der Waals surface area contributed by atoms with Gasteiger partial charge < -0.3 is 14.2 Å².